The molecular weight excluding hydrogens is 729 g/mol. The fraction of sp³-hybridized carbons (Fsp3) is 0.127. The number of nitrogens with zero attached hydrogens (tertiary/aromatic N) is 2. The van der Waals surface area contributed by atoms with Crippen molar-refractivity contribution in [1.29, 1.82) is 0 Å². The Morgan fingerprint density at radius 2 is 1.13 bits per heavy atom. The average molecular weight is 775 g/mol. The first-order chi connectivity index (χ1) is 29.2. The summed E-state index contributed by atoms with van der Waals surface area (Å²) in [6, 6.07) is 63.7. The fourth-order valence-corrected chi connectivity index (χ4v) is 9.89. The number of anilines is 8. The summed E-state index contributed by atoms with van der Waals surface area (Å²) in [5, 5.41) is 3.93. The topological polar surface area (TPSA) is 27.7 Å². The van der Waals surface area contributed by atoms with Crippen LogP contribution in [0.4, 0.5) is 45.5 Å². The monoisotopic (exact) mass is 774 g/mol. The van der Waals surface area contributed by atoms with E-state index in [9.17, 15) is 0 Å². The molecule has 0 saturated carbocycles. The summed E-state index contributed by atoms with van der Waals surface area (Å²) >= 11 is 0. The van der Waals surface area contributed by atoms with Crippen molar-refractivity contribution in [3.63, 3.8) is 0 Å². The van der Waals surface area contributed by atoms with Crippen molar-refractivity contribution in [3.8, 4) is 22.6 Å². The predicted octanol–water partition coefficient (Wildman–Crippen LogP) is 13.4. The first-order valence-electron chi connectivity index (χ1n) is 20.9. The summed E-state index contributed by atoms with van der Waals surface area (Å²) < 4.78 is 6.80. The third kappa shape index (κ3) is 5.52. The molecule has 289 valence electrons. The zero-order chi connectivity index (χ0) is 40.8. The van der Waals surface area contributed by atoms with Gasteiger partial charge in [0.1, 0.15) is 11.5 Å². The van der Waals surface area contributed by atoms with Gasteiger partial charge in [0.05, 0.1) is 11.4 Å². The van der Waals surface area contributed by atoms with Crippen LogP contribution in [0.1, 0.15) is 55.5 Å². The van der Waals surface area contributed by atoms with Crippen LogP contribution in [0, 0.1) is 6.92 Å². The molecule has 0 unspecified atom stereocenters. The van der Waals surface area contributed by atoms with Crippen molar-refractivity contribution in [2.45, 2.75) is 45.4 Å². The molecule has 8 aromatic carbocycles. The number of benzene rings is 8. The lowest BCUT2D eigenvalue weighted by molar-refractivity contribution is 0.418. The molecule has 1 N–H and O–H groups in total. The smallest absolute Gasteiger partial charge is 0.197 e. The molecular formula is C55H45BN3O. The van der Waals surface area contributed by atoms with Crippen molar-refractivity contribution < 1.29 is 4.74 Å². The van der Waals surface area contributed by atoms with E-state index in [1.807, 2.05) is 0 Å². The fourth-order valence-electron chi connectivity index (χ4n) is 9.89. The molecule has 0 spiro atoms. The molecule has 0 aromatic heterocycles. The molecule has 4 nitrogen and oxygen atoms in total. The van der Waals surface area contributed by atoms with Gasteiger partial charge in [0.25, 0.3) is 0 Å². The average Bonchev–Trinajstić information content (AvgIpc) is 3.26. The van der Waals surface area contributed by atoms with E-state index in [0.29, 0.717) is 0 Å². The van der Waals surface area contributed by atoms with Crippen molar-refractivity contribution in [2.24, 2.45) is 0 Å². The lowest BCUT2D eigenvalue weighted by Gasteiger charge is -2.46. The molecule has 0 atom stereocenters. The Labute approximate surface area is 354 Å². The summed E-state index contributed by atoms with van der Waals surface area (Å²) in [4.78, 5) is 4.93. The first kappa shape index (κ1) is 36.1. The highest BCUT2D eigenvalue weighted by molar-refractivity contribution is 6.73. The van der Waals surface area contributed by atoms with Crippen LogP contribution >= 0.6 is 0 Å². The van der Waals surface area contributed by atoms with Crippen molar-refractivity contribution in [2.75, 3.05) is 15.1 Å². The van der Waals surface area contributed by atoms with E-state index in [0.717, 1.165) is 62.3 Å². The number of hydrogen-bond donors (Lipinski definition) is 1. The maximum absolute atomic E-state index is 6.80. The van der Waals surface area contributed by atoms with E-state index in [-0.39, 0.29) is 10.8 Å². The highest BCUT2D eigenvalue weighted by Gasteiger charge is 2.42. The van der Waals surface area contributed by atoms with E-state index in [1.165, 1.54) is 44.6 Å². The van der Waals surface area contributed by atoms with Gasteiger partial charge in [0.15, 0.2) is 7.28 Å². The lowest BCUT2D eigenvalue weighted by Crippen LogP contribution is -2.45. The maximum Gasteiger partial charge on any atom is 0.197 e. The molecule has 0 aliphatic carbocycles. The highest BCUT2D eigenvalue weighted by atomic mass is 16.5. The second-order valence-corrected chi connectivity index (χ2v) is 17.4. The first-order valence-corrected chi connectivity index (χ1v) is 20.9. The minimum atomic E-state index is -0.319. The number of rotatable bonds is 6. The Balaban J connectivity index is 1.24. The molecule has 8 aromatic rings. The molecule has 3 heterocycles. The van der Waals surface area contributed by atoms with Crippen LogP contribution in [0.5, 0.6) is 11.5 Å². The lowest BCUT2D eigenvalue weighted by atomic mass is 9.56. The Bertz CT molecular complexity index is 2950. The molecule has 0 amide bonds. The van der Waals surface area contributed by atoms with E-state index < -0.39 is 0 Å². The Morgan fingerprint density at radius 1 is 0.500 bits per heavy atom. The van der Waals surface area contributed by atoms with Gasteiger partial charge in [-0.1, -0.05) is 142 Å². The van der Waals surface area contributed by atoms with Gasteiger partial charge in [-0.05, 0) is 95.3 Å². The molecule has 3 aliphatic rings. The largest absolute Gasteiger partial charge is 0.457 e. The normalized spacial score (nSPS) is 14.6. The standard InChI is InChI=1S/C55H45BN3O/c1-35-19-12-15-28-46(35)57-47-34-51-44(55(4,5)42-25-14-17-30-50(42)60-51)33-39(47)40-31-38(58(36-20-8-6-9-21-36)37-22-10-7-11-23-37)32-49-52(40)56-45-27-18-26-43-53(45)59(49)48-29-16-13-24-41(48)54(43,2)3/h6-34,57H,1-5H3. The van der Waals surface area contributed by atoms with E-state index in [2.05, 4.69) is 233 Å². The molecule has 5 heteroatoms. The number of ether oxygens (including phenoxy) is 1. The van der Waals surface area contributed by atoms with E-state index in [4.69, 9.17) is 4.74 Å². The van der Waals surface area contributed by atoms with Gasteiger partial charge in [-0.2, -0.15) is 0 Å². The Kier molecular flexibility index (Phi) is 8.15. The zero-order valence-corrected chi connectivity index (χ0v) is 34.6. The van der Waals surface area contributed by atoms with Crippen LogP contribution in [0.25, 0.3) is 11.1 Å². The minimum absolute atomic E-state index is 0.185. The van der Waals surface area contributed by atoms with Crippen molar-refractivity contribution >= 4 is 63.7 Å². The summed E-state index contributed by atoms with van der Waals surface area (Å²) in [5.74, 6) is 1.77. The van der Waals surface area contributed by atoms with Gasteiger partial charge in [0.2, 0.25) is 0 Å². The molecule has 0 saturated heterocycles. The van der Waals surface area contributed by atoms with Gasteiger partial charge in [0, 0.05) is 67.7 Å². The quantitative estimate of drug-likeness (QED) is 0.170. The summed E-state index contributed by atoms with van der Waals surface area (Å²) in [7, 11) is 2.43. The van der Waals surface area contributed by atoms with Crippen LogP contribution in [-0.2, 0) is 10.8 Å². The molecule has 60 heavy (non-hydrogen) atoms. The molecule has 0 fully saturated rings. The van der Waals surface area contributed by atoms with Crippen LogP contribution in [0.15, 0.2) is 176 Å². The van der Waals surface area contributed by atoms with Crippen LogP contribution in [-0.4, -0.2) is 7.28 Å². The van der Waals surface area contributed by atoms with E-state index >= 15 is 0 Å². The molecule has 3 aliphatic heterocycles. The maximum atomic E-state index is 6.80. The van der Waals surface area contributed by atoms with Gasteiger partial charge >= 0.3 is 0 Å². The van der Waals surface area contributed by atoms with Gasteiger partial charge in [-0.3, -0.25) is 0 Å². The number of para-hydroxylation sites is 6. The summed E-state index contributed by atoms with van der Waals surface area (Å²) in [6.07, 6.45) is 0. The summed E-state index contributed by atoms with van der Waals surface area (Å²) in [5.41, 5.74) is 19.1. The second kappa shape index (κ2) is 13.5. The van der Waals surface area contributed by atoms with Crippen molar-refractivity contribution in [3.05, 3.63) is 204 Å². The van der Waals surface area contributed by atoms with Gasteiger partial charge in [-0.25, -0.2) is 0 Å². The van der Waals surface area contributed by atoms with Gasteiger partial charge < -0.3 is 19.9 Å². The molecule has 11 rings (SSSR count). The Morgan fingerprint density at radius 3 is 1.88 bits per heavy atom. The zero-order valence-electron chi connectivity index (χ0n) is 34.6. The second-order valence-electron chi connectivity index (χ2n) is 17.4. The Hall–Kier alpha value is -6.98. The number of hydrogen-bond acceptors (Lipinski definition) is 4. The van der Waals surface area contributed by atoms with Crippen LogP contribution in [0.2, 0.25) is 0 Å². The SMILES string of the molecule is Cc1ccccc1Nc1cc2c(cc1-c1cc(N(c3ccccc3)c3ccccc3)cc3c1[B]c1cccc4c1N3c1ccccc1C4(C)C)C(C)(C)c1ccccc1O2. The number of aryl methyl sites for hydroxylation is 1. The third-order valence-corrected chi connectivity index (χ3v) is 13.0. The minimum Gasteiger partial charge on any atom is -0.457 e. The van der Waals surface area contributed by atoms with Crippen molar-refractivity contribution in [1.82, 2.24) is 0 Å². The highest BCUT2D eigenvalue weighted by Crippen LogP contribution is 2.55. The van der Waals surface area contributed by atoms with Crippen LogP contribution < -0.4 is 30.8 Å². The van der Waals surface area contributed by atoms with Gasteiger partial charge in [-0.15, -0.1) is 0 Å². The predicted molar refractivity (Wildman–Crippen MR) is 251 cm³/mol. The summed E-state index contributed by atoms with van der Waals surface area (Å²) in [6.45, 7) is 11.5. The molecule has 0 bridgehead atoms. The van der Waals surface area contributed by atoms with E-state index in [1.54, 1.807) is 0 Å². The number of fused-ring (bicyclic) bond motifs is 6. The van der Waals surface area contributed by atoms with Crippen LogP contribution in [0.3, 0.4) is 0 Å². The third-order valence-electron chi connectivity index (χ3n) is 13.0. The molecule has 1 radical (unpaired) electrons. The number of nitrogens with one attached hydrogen (secondary N) is 1.